The highest BCUT2D eigenvalue weighted by Crippen LogP contribution is 2.18. The molecule has 0 radical (unpaired) electrons. The summed E-state index contributed by atoms with van der Waals surface area (Å²) in [5.41, 5.74) is 1.82. The number of halogens is 1. The number of anilines is 2. The third-order valence-electron chi connectivity index (χ3n) is 2.85. The van der Waals surface area contributed by atoms with Crippen LogP contribution in [-0.4, -0.2) is 34.6 Å². The van der Waals surface area contributed by atoms with Crippen LogP contribution in [0.1, 0.15) is 20.8 Å². The molecule has 0 unspecified atom stereocenters. The van der Waals surface area contributed by atoms with Crippen LogP contribution < -0.4 is 20.1 Å². The summed E-state index contributed by atoms with van der Waals surface area (Å²) in [5, 5.41) is 8.19. The van der Waals surface area contributed by atoms with Crippen LogP contribution in [0.2, 0.25) is 5.28 Å². The fraction of sp³-hybridized carbons (Fsp3) is 0.316. The Morgan fingerprint density at radius 3 is 1.38 bits per heavy atom. The van der Waals surface area contributed by atoms with Crippen molar-refractivity contribution >= 4 is 45.0 Å². The molecule has 0 bridgehead atoms. The van der Waals surface area contributed by atoms with Gasteiger partial charge in [0.25, 0.3) is 0 Å². The van der Waals surface area contributed by atoms with Crippen LogP contribution in [0.15, 0.2) is 48.5 Å². The van der Waals surface area contributed by atoms with E-state index >= 15 is 0 Å². The topological polar surface area (TPSA) is 42.5 Å². The molecule has 2 rings (SSSR count). The van der Waals surface area contributed by atoms with E-state index in [1.54, 1.807) is 0 Å². The first-order valence-electron chi connectivity index (χ1n) is 8.66. The highest BCUT2D eigenvalue weighted by Gasteiger charge is 2.00. The van der Waals surface area contributed by atoms with Crippen molar-refractivity contribution in [1.82, 2.24) is 0 Å². The van der Waals surface area contributed by atoms with Crippen LogP contribution in [-0.2, 0) is 0 Å². The monoisotopic (exact) mass is 394 g/mol. The summed E-state index contributed by atoms with van der Waals surface area (Å²) in [5.74, 6) is 1.69. The average molecular weight is 394 g/mol. The van der Waals surface area contributed by atoms with Crippen molar-refractivity contribution in [2.24, 2.45) is 0 Å². The molecule has 26 heavy (non-hydrogen) atoms. The zero-order valence-electron chi connectivity index (χ0n) is 15.9. The van der Waals surface area contributed by atoms with Gasteiger partial charge in [0.1, 0.15) is 11.5 Å². The van der Waals surface area contributed by atoms with E-state index in [0.717, 1.165) is 22.9 Å². The largest absolute Gasteiger partial charge is 0.494 e. The number of hydrogen-bond donors (Lipinski definition) is 2. The molecule has 2 N–H and O–H groups in total. The van der Waals surface area contributed by atoms with E-state index < -0.39 is 0 Å². The molecular weight excluding hydrogens is 366 g/mol. The Balaban J connectivity index is 0.00000146. The van der Waals surface area contributed by atoms with E-state index in [1.165, 1.54) is 21.6 Å². The first-order chi connectivity index (χ1) is 12.1. The Morgan fingerprint density at radius 1 is 0.808 bits per heavy atom. The zero-order chi connectivity index (χ0) is 18.5. The van der Waals surface area contributed by atoms with E-state index in [0.29, 0.717) is 18.3 Å². The van der Waals surface area contributed by atoms with Gasteiger partial charge in [0.15, 0.2) is 5.11 Å². The maximum Gasteiger partial charge on any atom is 0.211 e. The second kappa shape index (κ2) is 14.4. The molecule has 0 fully saturated rings. The number of hydrogen-bond acceptors (Lipinski definition) is 3. The normalized spacial score (nSPS) is 9.04. The molecule has 0 aliphatic rings. The summed E-state index contributed by atoms with van der Waals surface area (Å²) in [6, 6.07) is 15.3. The molecule has 0 heterocycles. The van der Waals surface area contributed by atoms with Crippen molar-refractivity contribution in [3.63, 3.8) is 0 Å². The first-order valence-corrected chi connectivity index (χ1v) is 10.5. The molecule has 0 atom stereocenters. The number of benzene rings is 2. The van der Waals surface area contributed by atoms with Crippen molar-refractivity contribution in [2.45, 2.75) is 26.1 Å². The predicted molar refractivity (Wildman–Crippen MR) is 117 cm³/mol. The summed E-state index contributed by atoms with van der Waals surface area (Å²) in [6.07, 6.45) is 0. The molecule has 0 spiro atoms. The zero-order valence-corrected chi connectivity index (χ0v) is 18.7. The van der Waals surface area contributed by atoms with Gasteiger partial charge >= 0.3 is 0 Å². The van der Waals surface area contributed by atoms with Gasteiger partial charge in [-0.25, -0.2) is 0 Å². The molecule has 4 nitrogen and oxygen atoms in total. The standard InChI is InChI=1S/C17H20N2O2S.C2H5.Al.FH.2H/c1-3-20-15-9-5-13(6-10-15)18-17(22)19-14-7-11-16(12-8-14)21-4-2;1-2;;;;/h5-12H,3-4H2,1-2H3,(H2,18,19,22);1H2,2H3;;1H;;. The second-order valence-electron chi connectivity index (χ2n) is 5.20. The van der Waals surface area contributed by atoms with Crippen molar-refractivity contribution < 1.29 is 14.2 Å². The lowest BCUT2D eigenvalue weighted by Gasteiger charge is -2.12. The molecule has 142 valence electrons. The Bertz CT molecular complexity index is 571. The number of rotatable bonds is 6. The highest BCUT2D eigenvalue weighted by atomic mass is 32.1. The van der Waals surface area contributed by atoms with Crippen LogP contribution in [0.5, 0.6) is 11.5 Å². The van der Waals surface area contributed by atoms with Gasteiger partial charge in [0, 0.05) is 11.4 Å². The lowest BCUT2D eigenvalue weighted by molar-refractivity contribution is 0.340. The molecule has 2 aromatic carbocycles. The predicted octanol–water partition coefficient (Wildman–Crippen LogP) is 4.50. The van der Waals surface area contributed by atoms with Crippen LogP contribution in [0.4, 0.5) is 16.1 Å². The van der Waals surface area contributed by atoms with Crippen molar-refractivity contribution in [1.29, 1.82) is 0 Å². The quantitative estimate of drug-likeness (QED) is 0.558. The molecule has 0 aromatic heterocycles. The van der Waals surface area contributed by atoms with Crippen LogP contribution in [0.25, 0.3) is 0 Å². The lowest BCUT2D eigenvalue weighted by atomic mass is 10.3. The highest BCUT2D eigenvalue weighted by molar-refractivity contribution is 7.80. The number of ether oxygens (including phenoxy) is 2. The summed E-state index contributed by atoms with van der Waals surface area (Å²) in [6.45, 7) is 7.42. The first kappa shape index (κ1) is 24.2. The SMILES string of the molecule is CCOc1ccc(NC(=S)Nc2ccc(OCC)cc2)cc1.C[CH2][AlH2].F. The van der Waals surface area contributed by atoms with Gasteiger partial charge < -0.3 is 20.1 Å². The minimum absolute atomic E-state index is 0. The minimum atomic E-state index is 0. The van der Waals surface area contributed by atoms with Crippen molar-refractivity contribution in [3.05, 3.63) is 48.5 Å². The van der Waals surface area contributed by atoms with Crippen LogP contribution in [0, 0.1) is 0 Å². The molecule has 0 aliphatic carbocycles. The lowest BCUT2D eigenvalue weighted by Crippen LogP contribution is -2.18. The fourth-order valence-electron chi connectivity index (χ4n) is 1.90. The van der Waals surface area contributed by atoms with Crippen molar-refractivity contribution in [3.8, 4) is 11.5 Å². The van der Waals surface area contributed by atoms with Gasteiger partial charge in [-0.15, -0.1) is 5.28 Å². The minimum Gasteiger partial charge on any atom is -0.494 e. The third kappa shape index (κ3) is 9.62. The Hall–Kier alpha value is -1.81. The average Bonchev–Trinajstić information content (AvgIpc) is 2.60. The third-order valence-corrected chi connectivity index (χ3v) is 3.05. The maximum absolute atomic E-state index is 5.40. The van der Waals surface area contributed by atoms with E-state index in [-0.39, 0.29) is 4.70 Å². The Kier molecular flexibility index (Phi) is 13.4. The van der Waals surface area contributed by atoms with E-state index in [1.807, 2.05) is 62.4 Å². The molecule has 2 aromatic rings. The molecule has 0 aliphatic heterocycles. The van der Waals surface area contributed by atoms with E-state index in [4.69, 9.17) is 21.7 Å². The van der Waals surface area contributed by atoms with Gasteiger partial charge in [0.05, 0.1) is 13.2 Å². The van der Waals surface area contributed by atoms with Gasteiger partial charge in [-0.05, 0) is 74.6 Å². The second-order valence-corrected chi connectivity index (χ2v) is 7.02. The van der Waals surface area contributed by atoms with Gasteiger partial charge in [0.2, 0.25) is 16.3 Å². The van der Waals surface area contributed by atoms with Crippen LogP contribution >= 0.6 is 12.2 Å². The molecule has 0 saturated carbocycles. The maximum atomic E-state index is 5.40. The van der Waals surface area contributed by atoms with Crippen molar-refractivity contribution in [2.75, 3.05) is 23.8 Å². The smallest absolute Gasteiger partial charge is 0.211 e. The molecule has 0 amide bonds. The Labute approximate surface area is 169 Å². The van der Waals surface area contributed by atoms with E-state index in [2.05, 4.69) is 17.6 Å². The van der Waals surface area contributed by atoms with Crippen LogP contribution in [0.3, 0.4) is 0 Å². The van der Waals surface area contributed by atoms with Gasteiger partial charge in [-0.2, -0.15) is 0 Å². The Morgan fingerprint density at radius 2 is 1.12 bits per heavy atom. The van der Waals surface area contributed by atoms with Gasteiger partial charge in [-0.3, -0.25) is 4.70 Å². The number of nitrogens with one attached hydrogen (secondary N) is 2. The summed E-state index contributed by atoms with van der Waals surface area (Å²) >= 11 is 6.67. The van der Waals surface area contributed by atoms with E-state index in [9.17, 15) is 0 Å². The van der Waals surface area contributed by atoms with Gasteiger partial charge in [-0.1, -0.05) is 6.92 Å². The molecular formula is C19H28AlFN2O2S. The fourth-order valence-corrected chi connectivity index (χ4v) is 2.13. The number of thiocarbonyl (C=S) groups is 1. The molecule has 0 saturated heterocycles. The summed E-state index contributed by atoms with van der Waals surface area (Å²) in [7, 11) is 0. The summed E-state index contributed by atoms with van der Waals surface area (Å²) < 4.78 is 10.8. The summed E-state index contributed by atoms with van der Waals surface area (Å²) in [4.78, 5) is 0. The molecule has 7 heteroatoms.